The Kier molecular flexibility index (Phi) is 5.17. The molecule has 0 saturated heterocycles. The Labute approximate surface area is 152 Å². The molecule has 2 N–H and O–H groups in total. The number of hydrogen-bond acceptors (Lipinski definition) is 6. The number of aryl methyl sites for hydroxylation is 1. The summed E-state index contributed by atoms with van der Waals surface area (Å²) in [4.78, 5) is 16.4. The van der Waals surface area contributed by atoms with Gasteiger partial charge in [-0.3, -0.25) is 9.89 Å². The average molecular weight is 380 g/mol. The molecule has 0 aliphatic carbocycles. The fraction of sp³-hybridized carbons (Fsp3) is 0.250. The van der Waals surface area contributed by atoms with Crippen molar-refractivity contribution < 1.29 is 18.4 Å². The number of aromatic amines is 1. The van der Waals surface area contributed by atoms with Crippen LogP contribution in [0, 0.1) is 12.7 Å². The number of nitrogens with zero attached hydrogens (tertiary/aromatic N) is 3. The van der Waals surface area contributed by atoms with E-state index in [1.807, 2.05) is 0 Å². The fourth-order valence-corrected chi connectivity index (χ4v) is 2.34. The zero-order chi connectivity index (χ0) is 18.7. The molecule has 8 nitrogen and oxygen atoms in total. The van der Waals surface area contributed by atoms with E-state index in [2.05, 4.69) is 25.7 Å². The quantitative estimate of drug-likeness (QED) is 0.682. The molecule has 2 aromatic heterocycles. The molecule has 0 aliphatic rings. The lowest BCUT2D eigenvalue weighted by Crippen LogP contribution is -2.27. The van der Waals surface area contributed by atoms with Gasteiger partial charge in [0.25, 0.3) is 5.91 Å². The molecule has 0 radical (unpaired) electrons. The first-order chi connectivity index (χ1) is 12.4. The number of amides is 1. The van der Waals surface area contributed by atoms with Crippen molar-refractivity contribution in [2.24, 2.45) is 0 Å². The third-order valence-electron chi connectivity index (χ3n) is 3.40. The van der Waals surface area contributed by atoms with Gasteiger partial charge in [-0.2, -0.15) is 5.10 Å². The second kappa shape index (κ2) is 7.52. The van der Waals surface area contributed by atoms with E-state index in [9.17, 15) is 9.18 Å². The lowest BCUT2D eigenvalue weighted by Gasteiger charge is -2.08. The summed E-state index contributed by atoms with van der Waals surface area (Å²) >= 11 is 5.88. The number of carbonyl (C=O) groups excluding carboxylic acids is 1. The highest BCUT2D eigenvalue weighted by Crippen LogP contribution is 2.25. The van der Waals surface area contributed by atoms with E-state index >= 15 is 0 Å². The molecule has 3 rings (SSSR count). The minimum absolute atomic E-state index is 0.0126. The molecule has 1 amide bonds. The minimum atomic E-state index is -0.461. The van der Waals surface area contributed by atoms with Crippen LogP contribution in [0.2, 0.25) is 5.02 Å². The first-order valence-corrected chi connectivity index (χ1v) is 8.03. The SMILES string of the molecule is Cc1nc([C@H](C)NC(=O)c2cc(COc3ccc(F)cc3Cl)on2)n[nH]1. The van der Waals surface area contributed by atoms with E-state index in [0.717, 1.165) is 6.07 Å². The second-order valence-electron chi connectivity index (χ2n) is 5.52. The Bertz CT molecular complexity index is 926. The molecule has 0 aliphatic heterocycles. The molecule has 0 spiro atoms. The summed E-state index contributed by atoms with van der Waals surface area (Å²) in [5, 5.41) is 13.3. The monoisotopic (exact) mass is 379 g/mol. The highest BCUT2D eigenvalue weighted by Gasteiger charge is 2.18. The highest BCUT2D eigenvalue weighted by atomic mass is 35.5. The van der Waals surface area contributed by atoms with Gasteiger partial charge in [-0.1, -0.05) is 16.8 Å². The zero-order valence-corrected chi connectivity index (χ0v) is 14.7. The summed E-state index contributed by atoms with van der Waals surface area (Å²) in [5.74, 6) is 0.836. The number of ether oxygens (including phenoxy) is 1. The Morgan fingerprint density at radius 2 is 2.27 bits per heavy atom. The van der Waals surface area contributed by atoms with Crippen molar-refractivity contribution in [1.82, 2.24) is 25.7 Å². The topological polar surface area (TPSA) is 106 Å². The smallest absolute Gasteiger partial charge is 0.274 e. The first-order valence-electron chi connectivity index (χ1n) is 7.65. The molecule has 136 valence electrons. The zero-order valence-electron chi connectivity index (χ0n) is 13.9. The van der Waals surface area contributed by atoms with Crippen LogP contribution in [-0.4, -0.2) is 26.2 Å². The van der Waals surface area contributed by atoms with Gasteiger partial charge in [0.15, 0.2) is 17.3 Å². The number of carbonyl (C=O) groups is 1. The van der Waals surface area contributed by atoms with Gasteiger partial charge in [0.2, 0.25) is 0 Å². The van der Waals surface area contributed by atoms with Crippen molar-refractivity contribution in [2.45, 2.75) is 26.5 Å². The molecule has 0 unspecified atom stereocenters. The van der Waals surface area contributed by atoms with Crippen molar-refractivity contribution in [1.29, 1.82) is 0 Å². The third kappa shape index (κ3) is 4.17. The third-order valence-corrected chi connectivity index (χ3v) is 3.70. The lowest BCUT2D eigenvalue weighted by molar-refractivity contribution is 0.0929. The van der Waals surface area contributed by atoms with Crippen molar-refractivity contribution in [2.75, 3.05) is 0 Å². The molecular weight excluding hydrogens is 365 g/mol. The first kappa shape index (κ1) is 17.9. The van der Waals surface area contributed by atoms with E-state index in [0.29, 0.717) is 23.2 Å². The van der Waals surface area contributed by atoms with Crippen LogP contribution < -0.4 is 10.1 Å². The van der Waals surface area contributed by atoms with Crippen LogP contribution in [0.1, 0.15) is 40.9 Å². The predicted molar refractivity (Wildman–Crippen MR) is 89.2 cm³/mol. The van der Waals surface area contributed by atoms with Crippen molar-refractivity contribution in [3.63, 3.8) is 0 Å². The maximum atomic E-state index is 13.0. The van der Waals surface area contributed by atoms with Crippen LogP contribution in [0.3, 0.4) is 0 Å². The van der Waals surface area contributed by atoms with E-state index < -0.39 is 17.8 Å². The van der Waals surface area contributed by atoms with Crippen LogP contribution in [0.15, 0.2) is 28.8 Å². The fourth-order valence-electron chi connectivity index (χ4n) is 2.12. The molecule has 10 heteroatoms. The number of H-pyrrole nitrogens is 1. The molecule has 26 heavy (non-hydrogen) atoms. The maximum absolute atomic E-state index is 13.0. The molecule has 0 bridgehead atoms. The molecule has 0 saturated carbocycles. The highest BCUT2D eigenvalue weighted by molar-refractivity contribution is 6.32. The second-order valence-corrected chi connectivity index (χ2v) is 5.92. The molecule has 3 aromatic rings. The Morgan fingerprint density at radius 1 is 1.46 bits per heavy atom. The van der Waals surface area contributed by atoms with E-state index in [1.54, 1.807) is 13.8 Å². The Hall–Kier alpha value is -2.94. The van der Waals surface area contributed by atoms with Gasteiger partial charge in [-0.25, -0.2) is 9.37 Å². The van der Waals surface area contributed by atoms with Crippen LogP contribution in [-0.2, 0) is 6.61 Å². The summed E-state index contributed by atoms with van der Waals surface area (Å²) in [6.07, 6.45) is 0. The normalized spacial score (nSPS) is 12.0. The van der Waals surface area contributed by atoms with Crippen LogP contribution in [0.4, 0.5) is 4.39 Å². The largest absolute Gasteiger partial charge is 0.484 e. The van der Waals surface area contributed by atoms with Crippen molar-refractivity contribution in [3.05, 3.63) is 58.2 Å². The number of benzene rings is 1. The standard InChI is InChI=1S/C16H15ClFN5O3/c1-8(15-20-9(2)21-22-15)19-16(24)13-6-11(26-23-13)7-25-14-4-3-10(18)5-12(14)17/h3-6,8H,7H2,1-2H3,(H,19,24)(H,20,21,22)/t8-/m0/s1. The van der Waals surface area contributed by atoms with Crippen LogP contribution in [0.5, 0.6) is 5.75 Å². The summed E-state index contributed by atoms with van der Waals surface area (Å²) in [6, 6.07) is 4.82. The summed E-state index contributed by atoms with van der Waals surface area (Å²) in [7, 11) is 0. The van der Waals surface area contributed by atoms with E-state index in [-0.39, 0.29) is 17.3 Å². The lowest BCUT2D eigenvalue weighted by atomic mass is 10.3. The van der Waals surface area contributed by atoms with Crippen molar-refractivity contribution in [3.8, 4) is 5.75 Å². The maximum Gasteiger partial charge on any atom is 0.274 e. The van der Waals surface area contributed by atoms with Gasteiger partial charge in [-0.15, -0.1) is 0 Å². The molecular formula is C16H15ClFN5O3. The molecule has 2 heterocycles. The molecule has 1 atom stereocenters. The molecule has 1 aromatic carbocycles. The Morgan fingerprint density at radius 3 is 2.96 bits per heavy atom. The van der Waals surface area contributed by atoms with Gasteiger partial charge >= 0.3 is 0 Å². The minimum Gasteiger partial charge on any atom is -0.484 e. The summed E-state index contributed by atoms with van der Waals surface area (Å²) in [5.41, 5.74) is 0.0907. The summed E-state index contributed by atoms with van der Waals surface area (Å²) < 4.78 is 23.5. The van der Waals surface area contributed by atoms with Crippen LogP contribution >= 0.6 is 11.6 Å². The summed E-state index contributed by atoms with van der Waals surface area (Å²) in [6.45, 7) is 3.50. The number of nitrogens with one attached hydrogen (secondary N) is 2. The average Bonchev–Trinajstić information content (AvgIpc) is 3.23. The number of rotatable bonds is 6. The van der Waals surface area contributed by atoms with Crippen molar-refractivity contribution >= 4 is 17.5 Å². The molecule has 0 fully saturated rings. The number of hydrogen-bond donors (Lipinski definition) is 2. The Balaban J connectivity index is 1.59. The van der Waals surface area contributed by atoms with E-state index in [1.165, 1.54) is 18.2 Å². The van der Waals surface area contributed by atoms with E-state index in [4.69, 9.17) is 20.9 Å². The van der Waals surface area contributed by atoms with Gasteiger partial charge < -0.3 is 14.6 Å². The predicted octanol–water partition coefficient (Wildman–Crippen LogP) is 2.96. The van der Waals surface area contributed by atoms with Crippen LogP contribution in [0.25, 0.3) is 0 Å². The number of aromatic nitrogens is 4. The van der Waals surface area contributed by atoms with Gasteiger partial charge in [0.1, 0.15) is 24.0 Å². The number of halogens is 2. The van der Waals surface area contributed by atoms with Gasteiger partial charge in [0, 0.05) is 6.07 Å². The van der Waals surface area contributed by atoms with Gasteiger partial charge in [0.05, 0.1) is 11.1 Å². The van der Waals surface area contributed by atoms with Gasteiger partial charge in [-0.05, 0) is 32.0 Å².